The van der Waals surface area contributed by atoms with Crippen LogP contribution in [-0.4, -0.2) is 40.6 Å². The van der Waals surface area contributed by atoms with Gasteiger partial charge in [-0.3, -0.25) is 0 Å². The van der Waals surface area contributed by atoms with E-state index < -0.39 is 0 Å². The number of aliphatic imine (C=N–C) groups is 1. The van der Waals surface area contributed by atoms with E-state index in [4.69, 9.17) is 12.2 Å². The van der Waals surface area contributed by atoms with Gasteiger partial charge in [0.05, 0.1) is 0 Å². The van der Waals surface area contributed by atoms with Crippen molar-refractivity contribution >= 4 is 34.3 Å². The van der Waals surface area contributed by atoms with Crippen molar-refractivity contribution in [3.63, 3.8) is 0 Å². The lowest BCUT2D eigenvalue weighted by atomic mass is 10.4. The molecule has 1 aliphatic rings. The standard InChI is InChI=1S/C8H15N3S2/c1-6(2)9-7(12)10-8-11(3)4-5-13-8/h6H,4-5H2,1-3H3,(H,9,12)/b10-8-. The van der Waals surface area contributed by atoms with E-state index in [1.54, 1.807) is 11.8 Å². The fraction of sp³-hybridized carbons (Fsp3) is 0.750. The number of hydrogen-bond donors (Lipinski definition) is 1. The number of hydrogen-bond acceptors (Lipinski definition) is 2. The van der Waals surface area contributed by atoms with Gasteiger partial charge in [-0.05, 0) is 26.1 Å². The lowest BCUT2D eigenvalue weighted by molar-refractivity contribution is 0.563. The second-order valence-corrected chi connectivity index (χ2v) is 4.72. The van der Waals surface area contributed by atoms with Gasteiger partial charge in [0.15, 0.2) is 10.3 Å². The molecule has 0 amide bonds. The molecule has 1 aliphatic heterocycles. The molecule has 1 saturated heterocycles. The van der Waals surface area contributed by atoms with Crippen molar-refractivity contribution in [3.8, 4) is 0 Å². The van der Waals surface area contributed by atoms with E-state index in [0.717, 1.165) is 17.5 Å². The summed E-state index contributed by atoms with van der Waals surface area (Å²) in [7, 11) is 2.04. The molecule has 0 aromatic rings. The highest BCUT2D eigenvalue weighted by atomic mass is 32.2. The Bertz CT molecular complexity index is 225. The van der Waals surface area contributed by atoms with Crippen molar-refractivity contribution < 1.29 is 0 Å². The summed E-state index contributed by atoms with van der Waals surface area (Å²) in [6.45, 7) is 5.17. The van der Waals surface area contributed by atoms with Crippen LogP contribution in [0.5, 0.6) is 0 Å². The number of nitrogens with zero attached hydrogens (tertiary/aromatic N) is 2. The zero-order valence-corrected chi connectivity index (χ0v) is 9.84. The SMILES string of the molecule is CC(C)NC(=S)/N=C1\SCCN1C. The maximum atomic E-state index is 5.08. The first-order valence-electron chi connectivity index (χ1n) is 4.32. The van der Waals surface area contributed by atoms with Crippen LogP contribution in [0.15, 0.2) is 4.99 Å². The highest BCUT2D eigenvalue weighted by molar-refractivity contribution is 8.14. The Morgan fingerprint density at radius 2 is 2.38 bits per heavy atom. The van der Waals surface area contributed by atoms with Crippen molar-refractivity contribution in [3.05, 3.63) is 0 Å². The van der Waals surface area contributed by atoms with Crippen LogP contribution in [-0.2, 0) is 0 Å². The fourth-order valence-electron chi connectivity index (χ4n) is 0.963. The van der Waals surface area contributed by atoms with Gasteiger partial charge in [0, 0.05) is 25.4 Å². The molecule has 0 atom stereocenters. The number of thiocarbonyl (C=S) groups is 1. The van der Waals surface area contributed by atoms with E-state index in [1.165, 1.54) is 0 Å². The summed E-state index contributed by atoms with van der Waals surface area (Å²) in [6.07, 6.45) is 0. The Hall–Kier alpha value is -0.290. The van der Waals surface area contributed by atoms with E-state index in [1.807, 2.05) is 7.05 Å². The third kappa shape index (κ3) is 3.52. The maximum absolute atomic E-state index is 5.08. The molecule has 0 saturated carbocycles. The quantitative estimate of drug-likeness (QED) is 0.670. The topological polar surface area (TPSA) is 27.6 Å². The Kier molecular flexibility index (Phi) is 3.99. The third-order valence-corrected chi connectivity index (χ3v) is 2.85. The highest BCUT2D eigenvalue weighted by Gasteiger charge is 2.15. The molecule has 3 nitrogen and oxygen atoms in total. The molecule has 1 heterocycles. The van der Waals surface area contributed by atoms with Crippen molar-refractivity contribution in [2.24, 2.45) is 4.99 Å². The lowest BCUT2D eigenvalue weighted by Crippen LogP contribution is -2.29. The highest BCUT2D eigenvalue weighted by Crippen LogP contribution is 2.15. The van der Waals surface area contributed by atoms with Crippen molar-refractivity contribution in [1.29, 1.82) is 0 Å². The summed E-state index contributed by atoms with van der Waals surface area (Å²) >= 11 is 6.84. The first kappa shape index (κ1) is 10.8. The zero-order valence-electron chi connectivity index (χ0n) is 8.20. The van der Waals surface area contributed by atoms with Gasteiger partial charge in [-0.25, -0.2) is 0 Å². The summed E-state index contributed by atoms with van der Waals surface area (Å²) in [6, 6.07) is 0.355. The minimum atomic E-state index is 0.355. The summed E-state index contributed by atoms with van der Waals surface area (Å²) in [4.78, 5) is 6.45. The number of thioether (sulfide) groups is 1. The van der Waals surface area contributed by atoms with Gasteiger partial charge in [-0.1, -0.05) is 11.8 Å². The molecule has 5 heteroatoms. The van der Waals surface area contributed by atoms with Gasteiger partial charge in [0.2, 0.25) is 0 Å². The molecular weight excluding hydrogens is 202 g/mol. The molecule has 1 rings (SSSR count). The van der Waals surface area contributed by atoms with Crippen LogP contribution in [0.4, 0.5) is 0 Å². The fourth-order valence-corrected chi connectivity index (χ4v) is 2.36. The molecule has 0 aromatic carbocycles. The molecular formula is C8H15N3S2. The maximum Gasteiger partial charge on any atom is 0.195 e. The smallest absolute Gasteiger partial charge is 0.195 e. The average molecular weight is 217 g/mol. The Balaban J connectivity index is 2.49. The second kappa shape index (κ2) is 4.81. The molecule has 13 heavy (non-hydrogen) atoms. The van der Waals surface area contributed by atoms with E-state index in [-0.39, 0.29) is 0 Å². The summed E-state index contributed by atoms with van der Waals surface area (Å²) in [5, 5.41) is 4.71. The van der Waals surface area contributed by atoms with Crippen molar-refractivity contribution in [2.75, 3.05) is 19.3 Å². The van der Waals surface area contributed by atoms with Crippen LogP contribution in [0.1, 0.15) is 13.8 Å². The van der Waals surface area contributed by atoms with Crippen LogP contribution < -0.4 is 5.32 Å². The Morgan fingerprint density at radius 3 is 2.85 bits per heavy atom. The van der Waals surface area contributed by atoms with Crippen molar-refractivity contribution in [2.45, 2.75) is 19.9 Å². The first-order valence-corrected chi connectivity index (χ1v) is 5.72. The van der Waals surface area contributed by atoms with E-state index >= 15 is 0 Å². The van der Waals surface area contributed by atoms with Gasteiger partial charge < -0.3 is 10.2 Å². The lowest BCUT2D eigenvalue weighted by Gasteiger charge is -2.11. The molecule has 0 aliphatic carbocycles. The van der Waals surface area contributed by atoms with Crippen LogP contribution in [0.25, 0.3) is 0 Å². The van der Waals surface area contributed by atoms with E-state index in [0.29, 0.717) is 11.2 Å². The van der Waals surface area contributed by atoms with Gasteiger partial charge in [-0.2, -0.15) is 4.99 Å². The van der Waals surface area contributed by atoms with E-state index in [2.05, 4.69) is 29.1 Å². The Labute approximate surface area is 89.0 Å². The monoisotopic (exact) mass is 217 g/mol. The van der Waals surface area contributed by atoms with Crippen LogP contribution in [0, 0.1) is 0 Å². The van der Waals surface area contributed by atoms with Gasteiger partial charge >= 0.3 is 0 Å². The number of amidine groups is 1. The minimum absolute atomic E-state index is 0.355. The molecule has 1 N–H and O–H groups in total. The van der Waals surface area contributed by atoms with Crippen molar-refractivity contribution in [1.82, 2.24) is 10.2 Å². The Morgan fingerprint density at radius 1 is 1.69 bits per heavy atom. The van der Waals surface area contributed by atoms with Crippen LogP contribution in [0.2, 0.25) is 0 Å². The average Bonchev–Trinajstić information content (AvgIpc) is 2.34. The number of rotatable bonds is 1. The van der Waals surface area contributed by atoms with Gasteiger partial charge in [-0.15, -0.1) is 0 Å². The molecule has 1 fully saturated rings. The first-order chi connectivity index (χ1) is 6.09. The summed E-state index contributed by atoms with van der Waals surface area (Å²) in [5.41, 5.74) is 0. The predicted octanol–water partition coefficient (Wildman–Crippen LogP) is 1.30. The van der Waals surface area contributed by atoms with E-state index in [9.17, 15) is 0 Å². The molecule has 0 spiro atoms. The van der Waals surface area contributed by atoms with Crippen LogP contribution >= 0.6 is 24.0 Å². The van der Waals surface area contributed by atoms with Gasteiger partial charge in [0.25, 0.3) is 0 Å². The van der Waals surface area contributed by atoms with Crippen LogP contribution in [0.3, 0.4) is 0 Å². The normalized spacial score (nSPS) is 20.0. The summed E-state index contributed by atoms with van der Waals surface area (Å²) in [5.74, 6) is 1.11. The third-order valence-electron chi connectivity index (χ3n) is 1.59. The minimum Gasteiger partial charge on any atom is -0.359 e. The largest absolute Gasteiger partial charge is 0.359 e. The second-order valence-electron chi connectivity index (χ2n) is 3.27. The zero-order chi connectivity index (χ0) is 9.84. The van der Waals surface area contributed by atoms with Gasteiger partial charge in [0.1, 0.15) is 0 Å². The predicted molar refractivity (Wildman–Crippen MR) is 63.4 cm³/mol. The summed E-state index contributed by atoms with van der Waals surface area (Å²) < 4.78 is 0. The number of nitrogens with one attached hydrogen (secondary N) is 1. The molecule has 0 unspecified atom stereocenters. The molecule has 0 aromatic heterocycles. The molecule has 74 valence electrons. The molecule has 0 bridgehead atoms. The molecule has 0 radical (unpaired) electrons.